The zero-order valence-corrected chi connectivity index (χ0v) is 17.1. The van der Waals surface area contributed by atoms with Crippen LogP contribution in [-0.4, -0.2) is 33.9 Å². The molecule has 2 fully saturated rings. The Balaban J connectivity index is 1.50. The highest BCUT2D eigenvalue weighted by atomic mass is 16.2. The minimum absolute atomic E-state index is 0.00622. The molecule has 1 aliphatic heterocycles. The Bertz CT molecular complexity index is 776. The summed E-state index contributed by atoms with van der Waals surface area (Å²) in [6.07, 6.45) is 9.44. The SMILES string of the molecule is CC(C)(C)c1nc2c(c(=O)[nH]1)CCC21CCN(C(=O)CC2CCCC2)CC1. The smallest absolute Gasteiger partial charge is 0.254 e. The van der Waals surface area contributed by atoms with Crippen LogP contribution in [0.1, 0.15) is 89.2 Å². The van der Waals surface area contributed by atoms with Crippen LogP contribution >= 0.6 is 0 Å². The van der Waals surface area contributed by atoms with Crippen molar-refractivity contribution in [1.29, 1.82) is 0 Å². The van der Waals surface area contributed by atoms with Crippen molar-refractivity contribution >= 4 is 5.91 Å². The number of likely N-dealkylation sites (tertiary alicyclic amines) is 1. The van der Waals surface area contributed by atoms with Crippen molar-refractivity contribution in [1.82, 2.24) is 14.9 Å². The first-order valence-electron chi connectivity index (χ1n) is 10.7. The van der Waals surface area contributed by atoms with E-state index in [4.69, 9.17) is 4.98 Å². The van der Waals surface area contributed by atoms with Crippen molar-refractivity contribution in [2.24, 2.45) is 5.92 Å². The third-order valence-electron chi connectivity index (χ3n) is 7.09. The first-order chi connectivity index (χ1) is 12.8. The van der Waals surface area contributed by atoms with Crippen LogP contribution in [0.4, 0.5) is 0 Å². The fourth-order valence-corrected chi connectivity index (χ4v) is 5.27. The number of hydrogen-bond donors (Lipinski definition) is 1. The predicted molar refractivity (Wildman–Crippen MR) is 106 cm³/mol. The summed E-state index contributed by atoms with van der Waals surface area (Å²) in [7, 11) is 0. The number of nitrogens with zero attached hydrogens (tertiary/aromatic N) is 2. The minimum atomic E-state index is -0.171. The molecule has 1 saturated carbocycles. The lowest BCUT2D eigenvalue weighted by Gasteiger charge is -2.40. The molecule has 148 valence electrons. The second-order valence-corrected chi connectivity index (χ2v) is 10.0. The van der Waals surface area contributed by atoms with Gasteiger partial charge in [0.05, 0.1) is 5.69 Å². The second kappa shape index (κ2) is 6.75. The zero-order chi connectivity index (χ0) is 19.2. The quantitative estimate of drug-likeness (QED) is 0.866. The van der Waals surface area contributed by atoms with E-state index in [0.29, 0.717) is 11.8 Å². The van der Waals surface area contributed by atoms with Gasteiger partial charge in [0.15, 0.2) is 0 Å². The van der Waals surface area contributed by atoms with Gasteiger partial charge in [0.1, 0.15) is 5.82 Å². The Morgan fingerprint density at radius 1 is 1.19 bits per heavy atom. The summed E-state index contributed by atoms with van der Waals surface area (Å²) in [6, 6.07) is 0. The van der Waals surface area contributed by atoms with Crippen LogP contribution in [0.25, 0.3) is 0 Å². The monoisotopic (exact) mass is 371 g/mol. The van der Waals surface area contributed by atoms with Crippen LogP contribution in [0.3, 0.4) is 0 Å². The number of hydrogen-bond acceptors (Lipinski definition) is 3. The molecule has 0 unspecified atom stereocenters. The molecule has 0 aromatic carbocycles. The number of carbonyl (C=O) groups excluding carboxylic acids is 1. The normalized spacial score (nSPS) is 22.4. The van der Waals surface area contributed by atoms with Crippen LogP contribution in [0.2, 0.25) is 0 Å². The molecular formula is C22H33N3O2. The van der Waals surface area contributed by atoms with Gasteiger partial charge in [-0.05, 0) is 44.4 Å². The number of nitrogens with one attached hydrogen (secondary N) is 1. The third kappa shape index (κ3) is 3.45. The molecule has 0 atom stereocenters. The standard InChI is InChI=1S/C22H33N3O2/c1-21(2,3)20-23-18-16(19(27)24-20)8-9-22(18)10-12-25(13-11-22)17(26)14-15-6-4-5-7-15/h15H,4-14H2,1-3H3,(H,23,24,27). The molecule has 0 radical (unpaired) electrons. The number of aromatic amines is 1. The summed E-state index contributed by atoms with van der Waals surface area (Å²) in [4.78, 5) is 35.3. The number of H-pyrrole nitrogens is 1. The van der Waals surface area contributed by atoms with Gasteiger partial charge in [-0.3, -0.25) is 9.59 Å². The predicted octanol–water partition coefficient (Wildman–Crippen LogP) is 3.45. The number of aromatic nitrogens is 2. The first-order valence-corrected chi connectivity index (χ1v) is 10.7. The highest BCUT2D eigenvalue weighted by molar-refractivity contribution is 5.76. The molecule has 1 aromatic rings. The van der Waals surface area contributed by atoms with Crippen molar-refractivity contribution < 1.29 is 4.79 Å². The Morgan fingerprint density at radius 2 is 1.85 bits per heavy atom. The van der Waals surface area contributed by atoms with Gasteiger partial charge >= 0.3 is 0 Å². The van der Waals surface area contributed by atoms with E-state index in [-0.39, 0.29) is 16.4 Å². The lowest BCUT2D eigenvalue weighted by Crippen LogP contribution is -2.45. The van der Waals surface area contributed by atoms with Gasteiger partial charge in [0.2, 0.25) is 5.91 Å². The maximum atomic E-state index is 12.7. The van der Waals surface area contributed by atoms with Crippen LogP contribution < -0.4 is 5.56 Å². The Hall–Kier alpha value is -1.65. The summed E-state index contributed by atoms with van der Waals surface area (Å²) in [5.41, 5.74) is 1.78. The Labute approximate surface area is 162 Å². The van der Waals surface area contributed by atoms with E-state index in [9.17, 15) is 9.59 Å². The fourth-order valence-electron chi connectivity index (χ4n) is 5.27. The summed E-state index contributed by atoms with van der Waals surface area (Å²) in [5, 5.41) is 0. The molecule has 1 N–H and O–H groups in total. The molecule has 3 aliphatic rings. The van der Waals surface area contributed by atoms with Crippen LogP contribution in [0, 0.1) is 5.92 Å². The van der Waals surface area contributed by atoms with E-state index in [1.165, 1.54) is 25.7 Å². The van der Waals surface area contributed by atoms with E-state index < -0.39 is 0 Å². The van der Waals surface area contributed by atoms with Crippen LogP contribution in [0.5, 0.6) is 0 Å². The molecule has 2 aliphatic carbocycles. The van der Waals surface area contributed by atoms with Crippen molar-refractivity contribution in [3.8, 4) is 0 Å². The van der Waals surface area contributed by atoms with Gasteiger partial charge < -0.3 is 9.88 Å². The van der Waals surface area contributed by atoms with E-state index in [2.05, 4.69) is 30.7 Å². The molecule has 1 saturated heterocycles. The Morgan fingerprint density at radius 3 is 2.48 bits per heavy atom. The molecule has 1 spiro atoms. The lowest BCUT2D eigenvalue weighted by molar-refractivity contribution is -0.133. The van der Waals surface area contributed by atoms with E-state index in [0.717, 1.165) is 62.3 Å². The van der Waals surface area contributed by atoms with Gasteiger partial charge in [0.25, 0.3) is 5.56 Å². The van der Waals surface area contributed by atoms with Crippen LogP contribution in [0.15, 0.2) is 4.79 Å². The Kier molecular flexibility index (Phi) is 4.68. The highest BCUT2D eigenvalue weighted by Gasteiger charge is 2.45. The molecule has 0 bridgehead atoms. The van der Waals surface area contributed by atoms with E-state index >= 15 is 0 Å². The molecular weight excluding hydrogens is 338 g/mol. The fraction of sp³-hybridized carbons (Fsp3) is 0.773. The summed E-state index contributed by atoms with van der Waals surface area (Å²) in [5.74, 6) is 1.73. The summed E-state index contributed by atoms with van der Waals surface area (Å²) >= 11 is 0. The molecule has 2 heterocycles. The number of carbonyl (C=O) groups is 1. The van der Waals surface area contributed by atoms with Gasteiger partial charge in [-0.1, -0.05) is 33.6 Å². The molecule has 1 amide bonds. The number of rotatable bonds is 2. The summed E-state index contributed by atoms with van der Waals surface area (Å²) < 4.78 is 0. The van der Waals surface area contributed by atoms with Crippen molar-refractivity contribution in [2.45, 2.75) is 89.4 Å². The molecule has 27 heavy (non-hydrogen) atoms. The third-order valence-corrected chi connectivity index (χ3v) is 7.09. The van der Waals surface area contributed by atoms with E-state index in [1.54, 1.807) is 0 Å². The molecule has 5 heteroatoms. The maximum absolute atomic E-state index is 12.7. The molecule has 5 nitrogen and oxygen atoms in total. The number of amides is 1. The zero-order valence-electron chi connectivity index (χ0n) is 17.1. The van der Waals surface area contributed by atoms with Gasteiger partial charge in [0, 0.05) is 35.9 Å². The van der Waals surface area contributed by atoms with Crippen molar-refractivity contribution in [2.75, 3.05) is 13.1 Å². The summed E-state index contributed by atoms with van der Waals surface area (Å²) in [6.45, 7) is 7.88. The second-order valence-electron chi connectivity index (χ2n) is 10.0. The highest BCUT2D eigenvalue weighted by Crippen LogP contribution is 2.44. The molecule has 1 aromatic heterocycles. The number of piperidine rings is 1. The van der Waals surface area contributed by atoms with E-state index in [1.807, 2.05) is 0 Å². The first kappa shape index (κ1) is 18.7. The van der Waals surface area contributed by atoms with Gasteiger partial charge in [-0.25, -0.2) is 4.98 Å². The topological polar surface area (TPSA) is 66.1 Å². The van der Waals surface area contributed by atoms with Crippen molar-refractivity contribution in [3.63, 3.8) is 0 Å². The largest absolute Gasteiger partial charge is 0.343 e. The van der Waals surface area contributed by atoms with Gasteiger partial charge in [-0.2, -0.15) is 0 Å². The average Bonchev–Trinajstić information content (AvgIpc) is 3.24. The number of fused-ring (bicyclic) bond motifs is 2. The minimum Gasteiger partial charge on any atom is -0.343 e. The molecule has 4 rings (SSSR count). The van der Waals surface area contributed by atoms with Gasteiger partial charge in [-0.15, -0.1) is 0 Å². The van der Waals surface area contributed by atoms with Crippen LogP contribution in [-0.2, 0) is 22.0 Å². The van der Waals surface area contributed by atoms with Crippen molar-refractivity contribution in [3.05, 3.63) is 27.4 Å². The average molecular weight is 372 g/mol. The lowest BCUT2D eigenvalue weighted by atomic mass is 9.76. The maximum Gasteiger partial charge on any atom is 0.254 e.